The van der Waals surface area contributed by atoms with Gasteiger partial charge in [0.2, 0.25) is 5.95 Å². The van der Waals surface area contributed by atoms with Crippen LogP contribution in [0.5, 0.6) is 0 Å². The second kappa shape index (κ2) is 7.39. The van der Waals surface area contributed by atoms with E-state index in [0.717, 1.165) is 37.6 Å². The van der Waals surface area contributed by atoms with Crippen molar-refractivity contribution in [1.82, 2.24) is 19.9 Å². The van der Waals surface area contributed by atoms with Crippen molar-refractivity contribution >= 4 is 11.9 Å². The van der Waals surface area contributed by atoms with Gasteiger partial charge in [-0.3, -0.25) is 4.79 Å². The van der Waals surface area contributed by atoms with Crippen molar-refractivity contribution in [3.05, 3.63) is 72.8 Å². The summed E-state index contributed by atoms with van der Waals surface area (Å²) in [6.07, 6.45) is 9.35. The summed E-state index contributed by atoms with van der Waals surface area (Å²) in [6, 6.07) is 13.5. The van der Waals surface area contributed by atoms with Crippen LogP contribution in [0.3, 0.4) is 0 Å². The number of carbonyl (C=O) groups is 1. The molecule has 6 heteroatoms. The van der Waals surface area contributed by atoms with E-state index in [9.17, 15) is 4.79 Å². The third-order valence-electron chi connectivity index (χ3n) is 4.62. The second-order valence-corrected chi connectivity index (χ2v) is 6.41. The smallest absolute Gasteiger partial charge is 0.253 e. The molecule has 3 heterocycles. The zero-order valence-electron chi connectivity index (χ0n) is 14.5. The van der Waals surface area contributed by atoms with Crippen LogP contribution in [0.2, 0.25) is 0 Å². The Morgan fingerprint density at radius 3 is 2.62 bits per heavy atom. The molecule has 0 aliphatic carbocycles. The molecule has 0 radical (unpaired) electrons. The van der Waals surface area contributed by atoms with Crippen molar-refractivity contribution in [2.45, 2.75) is 18.9 Å². The van der Waals surface area contributed by atoms with E-state index >= 15 is 0 Å². The molecule has 26 heavy (non-hydrogen) atoms. The summed E-state index contributed by atoms with van der Waals surface area (Å²) in [4.78, 5) is 23.7. The van der Waals surface area contributed by atoms with E-state index in [2.05, 4.69) is 20.2 Å². The van der Waals surface area contributed by atoms with Gasteiger partial charge in [-0.2, -0.15) is 0 Å². The fraction of sp³-hybridized carbons (Fsp3) is 0.250. The predicted octanol–water partition coefficient (Wildman–Crippen LogP) is 2.67. The van der Waals surface area contributed by atoms with E-state index in [-0.39, 0.29) is 11.9 Å². The van der Waals surface area contributed by atoms with Crippen molar-refractivity contribution in [2.75, 3.05) is 18.0 Å². The lowest BCUT2D eigenvalue weighted by atomic mass is 10.0. The average molecular weight is 347 g/mol. The molecule has 1 fully saturated rings. The number of benzene rings is 1. The van der Waals surface area contributed by atoms with E-state index in [1.165, 1.54) is 0 Å². The number of amides is 1. The number of piperidine rings is 1. The van der Waals surface area contributed by atoms with Crippen LogP contribution in [0.15, 0.2) is 67.3 Å². The fourth-order valence-corrected chi connectivity index (χ4v) is 3.38. The highest BCUT2D eigenvalue weighted by atomic mass is 16.1. The summed E-state index contributed by atoms with van der Waals surface area (Å²) in [6.45, 7) is 1.64. The molecule has 6 nitrogen and oxygen atoms in total. The van der Waals surface area contributed by atoms with Gasteiger partial charge in [-0.15, -0.1) is 0 Å². The highest BCUT2D eigenvalue weighted by Crippen LogP contribution is 2.18. The Bertz CT molecular complexity index is 863. The first-order valence-corrected chi connectivity index (χ1v) is 8.86. The maximum Gasteiger partial charge on any atom is 0.253 e. The van der Waals surface area contributed by atoms with Gasteiger partial charge in [-0.1, -0.05) is 12.1 Å². The standard InChI is InChI=1S/C20H21N5O/c26-19(17-8-1-2-9-18(17)24-12-3-4-13-24)23-16-7-5-14-25(15-16)20-21-10-6-11-22-20/h1-4,6,8-13,16H,5,7,14-15H2,(H,23,26). The van der Waals surface area contributed by atoms with E-state index in [1.807, 2.05) is 59.4 Å². The van der Waals surface area contributed by atoms with Gasteiger partial charge < -0.3 is 14.8 Å². The summed E-state index contributed by atoms with van der Waals surface area (Å²) < 4.78 is 1.96. The number of aromatic nitrogens is 3. The molecule has 4 rings (SSSR count). The summed E-state index contributed by atoms with van der Waals surface area (Å²) >= 11 is 0. The molecule has 1 amide bonds. The fourth-order valence-electron chi connectivity index (χ4n) is 3.38. The van der Waals surface area contributed by atoms with Crippen LogP contribution in [0, 0.1) is 0 Å². The van der Waals surface area contributed by atoms with Crippen molar-refractivity contribution in [1.29, 1.82) is 0 Å². The van der Waals surface area contributed by atoms with Gasteiger partial charge in [0.05, 0.1) is 11.3 Å². The van der Waals surface area contributed by atoms with E-state index < -0.39 is 0 Å². The molecule has 1 aliphatic heterocycles. The van der Waals surface area contributed by atoms with Crippen LogP contribution in [-0.2, 0) is 0 Å². The average Bonchev–Trinajstić information content (AvgIpc) is 3.23. The molecule has 1 unspecified atom stereocenters. The molecule has 0 saturated carbocycles. The van der Waals surface area contributed by atoms with Crippen LogP contribution in [-0.4, -0.2) is 39.6 Å². The zero-order valence-corrected chi connectivity index (χ0v) is 14.5. The SMILES string of the molecule is O=C(NC1CCCN(c2ncccn2)C1)c1ccccc1-n1cccc1. The lowest BCUT2D eigenvalue weighted by molar-refractivity contribution is 0.0933. The van der Waals surface area contributed by atoms with Crippen LogP contribution >= 0.6 is 0 Å². The molecule has 0 bridgehead atoms. The first-order valence-electron chi connectivity index (χ1n) is 8.86. The van der Waals surface area contributed by atoms with Crippen LogP contribution in [0.1, 0.15) is 23.2 Å². The minimum absolute atomic E-state index is 0.0462. The number of rotatable bonds is 4. The number of nitrogens with zero attached hydrogens (tertiary/aromatic N) is 4. The van der Waals surface area contributed by atoms with Crippen LogP contribution < -0.4 is 10.2 Å². The topological polar surface area (TPSA) is 63.1 Å². The maximum absolute atomic E-state index is 12.9. The van der Waals surface area contributed by atoms with E-state index in [0.29, 0.717) is 5.56 Å². The molecule has 2 aromatic heterocycles. The molecule has 1 saturated heterocycles. The van der Waals surface area contributed by atoms with Crippen molar-refractivity contribution in [2.24, 2.45) is 0 Å². The zero-order chi connectivity index (χ0) is 17.8. The van der Waals surface area contributed by atoms with Crippen molar-refractivity contribution < 1.29 is 4.79 Å². The molecule has 1 atom stereocenters. The van der Waals surface area contributed by atoms with Crippen molar-refractivity contribution in [3.8, 4) is 5.69 Å². The Labute approximate surface area is 152 Å². The third-order valence-corrected chi connectivity index (χ3v) is 4.62. The number of nitrogens with one attached hydrogen (secondary N) is 1. The number of hydrogen-bond acceptors (Lipinski definition) is 4. The molecule has 3 aromatic rings. The Balaban J connectivity index is 1.49. The number of anilines is 1. The summed E-state index contributed by atoms with van der Waals surface area (Å²) in [7, 11) is 0. The Kier molecular flexibility index (Phi) is 4.64. The van der Waals surface area contributed by atoms with E-state index in [1.54, 1.807) is 12.4 Å². The summed E-state index contributed by atoms with van der Waals surface area (Å²) in [5, 5.41) is 3.19. The number of hydrogen-bond donors (Lipinski definition) is 1. The Morgan fingerprint density at radius 1 is 1.04 bits per heavy atom. The van der Waals surface area contributed by atoms with Crippen molar-refractivity contribution in [3.63, 3.8) is 0 Å². The van der Waals surface area contributed by atoms with Gasteiger partial charge in [0.1, 0.15) is 0 Å². The minimum Gasteiger partial charge on any atom is -0.347 e. The van der Waals surface area contributed by atoms with Gasteiger partial charge in [0.15, 0.2) is 0 Å². The first kappa shape index (κ1) is 16.3. The number of carbonyl (C=O) groups excluding carboxylic acids is 1. The quantitative estimate of drug-likeness (QED) is 0.788. The summed E-state index contributed by atoms with van der Waals surface area (Å²) in [5.74, 6) is 0.675. The predicted molar refractivity (Wildman–Crippen MR) is 101 cm³/mol. The molecular weight excluding hydrogens is 326 g/mol. The normalized spacial score (nSPS) is 17.1. The Hall–Kier alpha value is -3.15. The van der Waals surface area contributed by atoms with Crippen LogP contribution in [0.25, 0.3) is 5.69 Å². The highest BCUT2D eigenvalue weighted by molar-refractivity contribution is 5.98. The summed E-state index contributed by atoms with van der Waals surface area (Å²) in [5.41, 5.74) is 1.56. The molecule has 1 aromatic carbocycles. The monoisotopic (exact) mass is 347 g/mol. The lowest BCUT2D eigenvalue weighted by Gasteiger charge is -2.33. The van der Waals surface area contributed by atoms with Gasteiger partial charge in [0, 0.05) is 43.9 Å². The van der Waals surface area contributed by atoms with Gasteiger partial charge in [-0.25, -0.2) is 9.97 Å². The lowest BCUT2D eigenvalue weighted by Crippen LogP contribution is -2.48. The second-order valence-electron chi connectivity index (χ2n) is 6.41. The molecule has 1 N–H and O–H groups in total. The molecular formula is C20H21N5O. The largest absolute Gasteiger partial charge is 0.347 e. The van der Waals surface area contributed by atoms with Gasteiger partial charge in [0.25, 0.3) is 5.91 Å². The minimum atomic E-state index is -0.0462. The number of para-hydroxylation sites is 1. The molecule has 0 spiro atoms. The Morgan fingerprint density at radius 2 is 1.81 bits per heavy atom. The van der Waals surface area contributed by atoms with E-state index in [4.69, 9.17) is 0 Å². The highest BCUT2D eigenvalue weighted by Gasteiger charge is 2.24. The van der Waals surface area contributed by atoms with Gasteiger partial charge in [-0.05, 0) is 43.2 Å². The van der Waals surface area contributed by atoms with Crippen LogP contribution in [0.4, 0.5) is 5.95 Å². The molecule has 1 aliphatic rings. The first-order chi connectivity index (χ1) is 12.8. The third kappa shape index (κ3) is 3.44. The molecule has 132 valence electrons. The van der Waals surface area contributed by atoms with Gasteiger partial charge >= 0.3 is 0 Å². The maximum atomic E-state index is 12.9.